The van der Waals surface area contributed by atoms with Gasteiger partial charge >= 0.3 is 17.8 Å². The fraction of sp³-hybridized carbons (Fsp3) is 0.364. The summed E-state index contributed by atoms with van der Waals surface area (Å²) in [6.45, 7) is 4.10. The Bertz CT molecular complexity index is 1070. The van der Waals surface area contributed by atoms with Crippen LogP contribution in [0.4, 0.5) is 5.00 Å². The minimum atomic E-state index is -0.954. The molecule has 2 N–H and O–H groups in total. The average Bonchev–Trinajstić information content (AvgIpc) is 3.10. The number of nitrogens with one attached hydrogen (secondary N) is 2. The van der Waals surface area contributed by atoms with E-state index in [1.165, 1.54) is 24.7 Å². The number of fused-ring (bicyclic) bond motifs is 1. The number of carbonyl (C=O) groups excluding carboxylic acids is 3. The molecule has 32 heavy (non-hydrogen) atoms. The van der Waals surface area contributed by atoms with Crippen LogP contribution in [-0.4, -0.2) is 37.7 Å². The fourth-order valence-electron chi connectivity index (χ4n) is 3.44. The Balaban J connectivity index is 1.73. The summed E-state index contributed by atoms with van der Waals surface area (Å²) in [5.41, 5.74) is 4.07. The summed E-state index contributed by atoms with van der Waals surface area (Å²) in [4.78, 5) is 38.3. The molecule has 0 bridgehead atoms. The van der Waals surface area contributed by atoms with E-state index in [1.54, 1.807) is 19.1 Å². The lowest BCUT2D eigenvalue weighted by Gasteiger charge is -2.18. The van der Waals surface area contributed by atoms with Gasteiger partial charge in [-0.05, 0) is 55.9 Å². The van der Waals surface area contributed by atoms with Crippen molar-refractivity contribution < 1.29 is 23.9 Å². The van der Waals surface area contributed by atoms with Crippen LogP contribution in [0.5, 0.6) is 5.75 Å². The summed E-state index contributed by atoms with van der Waals surface area (Å²) in [7, 11) is 1.52. The Kier molecular flexibility index (Phi) is 8.03. The standard InChI is InChI=1S/C22H24BrN3O5S/c1-4-31-22(29)18-15-7-5-12(2)9-17(15)32-21(18)25-19(27)20(28)26-24-11-13-10-14(23)6-8-16(13)30-3/h6,8,10-12H,4-5,7,9H2,1-3H3,(H,25,27)(H,26,28)/b24-11-/t12-/m1/s1. The van der Waals surface area contributed by atoms with Gasteiger partial charge in [-0.1, -0.05) is 22.9 Å². The highest BCUT2D eigenvalue weighted by Crippen LogP contribution is 2.40. The number of hydrogen-bond acceptors (Lipinski definition) is 7. The zero-order valence-corrected chi connectivity index (χ0v) is 20.4. The Labute approximate surface area is 198 Å². The normalized spacial score (nSPS) is 15.2. The van der Waals surface area contributed by atoms with Gasteiger partial charge in [0.15, 0.2) is 0 Å². The summed E-state index contributed by atoms with van der Waals surface area (Å²) in [5.74, 6) is -1.30. The van der Waals surface area contributed by atoms with Crippen molar-refractivity contribution in [2.75, 3.05) is 19.0 Å². The van der Waals surface area contributed by atoms with Crippen LogP contribution in [0.15, 0.2) is 27.8 Å². The molecule has 1 atom stereocenters. The molecule has 1 aromatic carbocycles. The van der Waals surface area contributed by atoms with Gasteiger partial charge in [-0.25, -0.2) is 10.2 Å². The van der Waals surface area contributed by atoms with Crippen LogP contribution in [0.2, 0.25) is 0 Å². The highest BCUT2D eigenvalue weighted by atomic mass is 79.9. The zero-order valence-electron chi connectivity index (χ0n) is 18.0. The molecule has 8 nitrogen and oxygen atoms in total. The Morgan fingerprint density at radius 3 is 2.81 bits per heavy atom. The van der Waals surface area contributed by atoms with Crippen molar-refractivity contribution in [2.24, 2.45) is 11.0 Å². The molecule has 0 aliphatic heterocycles. The number of hydrazone groups is 1. The number of hydrogen-bond donors (Lipinski definition) is 2. The van der Waals surface area contributed by atoms with Crippen molar-refractivity contribution in [2.45, 2.75) is 33.1 Å². The summed E-state index contributed by atoms with van der Waals surface area (Å²) >= 11 is 4.68. The Hall–Kier alpha value is -2.72. The molecule has 0 spiro atoms. The van der Waals surface area contributed by atoms with Crippen molar-refractivity contribution in [1.29, 1.82) is 0 Å². The lowest BCUT2D eigenvalue weighted by Crippen LogP contribution is -2.32. The van der Waals surface area contributed by atoms with Crippen molar-refractivity contribution in [1.82, 2.24) is 5.43 Å². The highest BCUT2D eigenvalue weighted by molar-refractivity contribution is 9.10. The molecule has 1 aliphatic carbocycles. The molecule has 2 amide bonds. The van der Waals surface area contributed by atoms with Gasteiger partial charge < -0.3 is 14.8 Å². The van der Waals surface area contributed by atoms with Crippen LogP contribution < -0.4 is 15.5 Å². The molecule has 0 saturated carbocycles. The summed E-state index contributed by atoms with van der Waals surface area (Å²) in [5, 5.41) is 6.74. The maximum absolute atomic E-state index is 12.5. The Morgan fingerprint density at radius 1 is 1.31 bits per heavy atom. The number of amides is 2. The number of rotatable bonds is 6. The van der Waals surface area contributed by atoms with Crippen molar-refractivity contribution in [3.05, 3.63) is 44.2 Å². The van der Waals surface area contributed by atoms with Crippen LogP contribution in [0.25, 0.3) is 0 Å². The number of methoxy groups -OCH3 is 1. The number of thiophene rings is 1. The molecule has 170 valence electrons. The van der Waals surface area contributed by atoms with E-state index in [0.717, 1.165) is 34.2 Å². The topological polar surface area (TPSA) is 106 Å². The molecule has 1 aromatic heterocycles. The first kappa shape index (κ1) is 23.9. The van der Waals surface area contributed by atoms with E-state index < -0.39 is 17.8 Å². The molecule has 2 aromatic rings. The van der Waals surface area contributed by atoms with Crippen LogP contribution in [-0.2, 0) is 27.2 Å². The third-order valence-electron chi connectivity index (χ3n) is 4.99. The van der Waals surface area contributed by atoms with E-state index >= 15 is 0 Å². The number of benzene rings is 1. The summed E-state index contributed by atoms with van der Waals surface area (Å²) in [6.07, 6.45) is 3.90. The van der Waals surface area contributed by atoms with Gasteiger partial charge in [0.2, 0.25) is 0 Å². The third kappa shape index (κ3) is 5.55. The quantitative estimate of drug-likeness (QED) is 0.259. The molecule has 3 rings (SSSR count). The third-order valence-corrected chi connectivity index (χ3v) is 6.65. The second-order valence-electron chi connectivity index (χ2n) is 7.32. The second-order valence-corrected chi connectivity index (χ2v) is 9.34. The van der Waals surface area contributed by atoms with Crippen molar-refractivity contribution in [3.8, 4) is 5.75 Å². The first-order valence-corrected chi connectivity index (χ1v) is 11.7. The number of esters is 1. The lowest BCUT2D eigenvalue weighted by molar-refractivity contribution is -0.136. The van der Waals surface area contributed by atoms with Crippen LogP contribution in [0.1, 0.15) is 46.6 Å². The molecule has 0 saturated heterocycles. The molecule has 1 heterocycles. The molecule has 0 radical (unpaired) electrons. The molecule has 0 unspecified atom stereocenters. The number of anilines is 1. The van der Waals surface area contributed by atoms with E-state index in [4.69, 9.17) is 9.47 Å². The minimum absolute atomic E-state index is 0.224. The van der Waals surface area contributed by atoms with Crippen LogP contribution >= 0.6 is 27.3 Å². The predicted octanol–water partition coefficient (Wildman–Crippen LogP) is 3.91. The largest absolute Gasteiger partial charge is 0.496 e. The van der Waals surface area contributed by atoms with Gasteiger partial charge in [0, 0.05) is 14.9 Å². The van der Waals surface area contributed by atoms with Crippen molar-refractivity contribution >= 4 is 56.3 Å². The molecule has 0 fully saturated rings. The monoisotopic (exact) mass is 521 g/mol. The lowest BCUT2D eigenvalue weighted by atomic mass is 9.88. The predicted molar refractivity (Wildman–Crippen MR) is 127 cm³/mol. The van der Waals surface area contributed by atoms with Gasteiger partial charge in [0.1, 0.15) is 10.8 Å². The smallest absolute Gasteiger partial charge is 0.341 e. The SMILES string of the molecule is CCOC(=O)c1c(NC(=O)C(=O)N/N=C\c2cc(Br)ccc2OC)sc2c1CC[C@@H](C)C2. The Morgan fingerprint density at radius 2 is 2.09 bits per heavy atom. The van der Waals surface area contributed by atoms with Gasteiger partial charge in [0.05, 0.1) is 25.5 Å². The van der Waals surface area contributed by atoms with Crippen LogP contribution in [0.3, 0.4) is 0 Å². The zero-order chi connectivity index (χ0) is 23.3. The number of carbonyl (C=O) groups is 3. The molecule has 10 heteroatoms. The van der Waals surface area contributed by atoms with Crippen molar-refractivity contribution in [3.63, 3.8) is 0 Å². The van der Waals surface area contributed by atoms with E-state index in [0.29, 0.717) is 27.8 Å². The van der Waals surface area contributed by atoms with E-state index in [9.17, 15) is 14.4 Å². The maximum Gasteiger partial charge on any atom is 0.341 e. The van der Waals surface area contributed by atoms with Gasteiger partial charge in [-0.2, -0.15) is 5.10 Å². The second kappa shape index (κ2) is 10.7. The summed E-state index contributed by atoms with van der Waals surface area (Å²) in [6, 6.07) is 5.32. The van der Waals surface area contributed by atoms with E-state index in [1.807, 2.05) is 6.07 Å². The fourth-order valence-corrected chi connectivity index (χ4v) is 5.21. The van der Waals surface area contributed by atoms with E-state index in [2.05, 4.69) is 38.7 Å². The molecule has 1 aliphatic rings. The number of ether oxygens (including phenoxy) is 2. The van der Waals surface area contributed by atoms with E-state index in [-0.39, 0.29) is 6.61 Å². The van der Waals surface area contributed by atoms with Gasteiger partial charge in [0.25, 0.3) is 0 Å². The van der Waals surface area contributed by atoms with Gasteiger partial charge in [-0.15, -0.1) is 11.3 Å². The number of halogens is 1. The molecular formula is C22H24BrN3O5S. The maximum atomic E-state index is 12.5. The highest BCUT2D eigenvalue weighted by Gasteiger charge is 2.30. The average molecular weight is 522 g/mol. The first-order valence-electron chi connectivity index (χ1n) is 10.1. The first-order chi connectivity index (χ1) is 15.3. The minimum Gasteiger partial charge on any atom is -0.496 e. The van der Waals surface area contributed by atoms with Gasteiger partial charge in [-0.3, -0.25) is 9.59 Å². The summed E-state index contributed by atoms with van der Waals surface area (Å²) < 4.78 is 11.2. The molecular weight excluding hydrogens is 498 g/mol. The van der Waals surface area contributed by atoms with Crippen LogP contribution in [0, 0.1) is 5.92 Å². The number of nitrogens with zero attached hydrogens (tertiary/aromatic N) is 1.